The lowest BCUT2D eigenvalue weighted by atomic mass is 10.2. The van der Waals surface area contributed by atoms with Gasteiger partial charge in [-0.3, -0.25) is 9.20 Å². The normalized spacial score (nSPS) is 14.1. The van der Waals surface area contributed by atoms with Crippen LogP contribution in [0.3, 0.4) is 0 Å². The van der Waals surface area contributed by atoms with Crippen molar-refractivity contribution < 1.29 is 13.7 Å². The Morgan fingerprint density at radius 1 is 1.15 bits per heavy atom. The van der Waals surface area contributed by atoms with Crippen molar-refractivity contribution in [2.24, 2.45) is 4.99 Å². The van der Waals surface area contributed by atoms with E-state index in [0.717, 1.165) is 28.6 Å². The van der Waals surface area contributed by atoms with Gasteiger partial charge in [-0.05, 0) is 23.3 Å². The molecule has 0 saturated heterocycles. The Kier molecular flexibility index (Phi) is 6.70. The minimum Gasteiger partial charge on any atom is -0.454 e. The molecule has 0 radical (unpaired) electrons. The van der Waals surface area contributed by atoms with Gasteiger partial charge in [0, 0.05) is 49.5 Å². The van der Waals surface area contributed by atoms with E-state index in [2.05, 4.69) is 10.3 Å². The molecule has 2 aromatic rings. The summed E-state index contributed by atoms with van der Waals surface area (Å²) >= 11 is 0. The molecule has 0 saturated carbocycles. The van der Waals surface area contributed by atoms with Gasteiger partial charge in [0.2, 0.25) is 6.79 Å². The highest BCUT2D eigenvalue weighted by atomic mass is 32.2. The Labute approximate surface area is 162 Å². The molecule has 0 bridgehead atoms. The first kappa shape index (κ1) is 19.2. The van der Waals surface area contributed by atoms with Gasteiger partial charge in [-0.25, -0.2) is 0 Å². The molecule has 0 aliphatic carbocycles. The van der Waals surface area contributed by atoms with E-state index in [-0.39, 0.29) is 6.79 Å². The number of hydrogen-bond acceptors (Lipinski definition) is 4. The largest absolute Gasteiger partial charge is 0.454 e. The van der Waals surface area contributed by atoms with Gasteiger partial charge in [-0.2, -0.15) is 0 Å². The number of hydrogen-bond donors (Lipinski definition) is 1. The van der Waals surface area contributed by atoms with Crippen LogP contribution >= 0.6 is 0 Å². The Morgan fingerprint density at radius 2 is 1.93 bits per heavy atom. The summed E-state index contributed by atoms with van der Waals surface area (Å²) in [6, 6.07) is 15.8. The zero-order valence-electron chi connectivity index (χ0n) is 15.7. The fraction of sp³-hybridized carbons (Fsp3) is 0.350. The Morgan fingerprint density at radius 3 is 2.70 bits per heavy atom. The summed E-state index contributed by atoms with van der Waals surface area (Å²) < 4.78 is 23.0. The minimum atomic E-state index is -0.907. The molecule has 7 heteroatoms. The van der Waals surface area contributed by atoms with Gasteiger partial charge < -0.3 is 19.7 Å². The van der Waals surface area contributed by atoms with E-state index in [0.29, 0.717) is 24.6 Å². The van der Waals surface area contributed by atoms with E-state index in [1.54, 1.807) is 7.05 Å². The van der Waals surface area contributed by atoms with Crippen LogP contribution in [0.4, 0.5) is 0 Å². The summed E-state index contributed by atoms with van der Waals surface area (Å²) in [5.74, 6) is 3.48. The molecule has 0 spiro atoms. The lowest BCUT2D eigenvalue weighted by Gasteiger charge is -2.22. The van der Waals surface area contributed by atoms with Crippen LogP contribution in [-0.4, -0.2) is 48.3 Å². The van der Waals surface area contributed by atoms with Crippen LogP contribution in [0.2, 0.25) is 0 Å². The van der Waals surface area contributed by atoms with Gasteiger partial charge in [0.25, 0.3) is 0 Å². The van der Waals surface area contributed by atoms with Gasteiger partial charge in [0.15, 0.2) is 17.5 Å². The smallest absolute Gasteiger partial charge is 0.231 e. The van der Waals surface area contributed by atoms with Gasteiger partial charge in [-0.1, -0.05) is 36.4 Å². The van der Waals surface area contributed by atoms with Crippen LogP contribution in [0, 0.1) is 0 Å². The van der Waals surface area contributed by atoms with E-state index in [4.69, 9.17) is 9.47 Å². The number of guanidine groups is 1. The lowest BCUT2D eigenvalue weighted by molar-refractivity contribution is 0.174. The second-order valence-corrected chi connectivity index (χ2v) is 7.87. The van der Waals surface area contributed by atoms with Crippen LogP contribution < -0.4 is 14.8 Å². The van der Waals surface area contributed by atoms with Gasteiger partial charge in [-0.15, -0.1) is 0 Å². The standard InChI is InChI=1S/C20H25N3O3S/c1-21-20(22-10-11-27(24)14-16-6-4-3-5-7-16)23(2)13-17-8-9-18-19(12-17)26-15-25-18/h3-9,12H,10-11,13-15H2,1-2H3,(H,21,22). The fourth-order valence-corrected chi connectivity index (χ4v) is 3.92. The molecule has 27 heavy (non-hydrogen) atoms. The summed E-state index contributed by atoms with van der Waals surface area (Å²) in [5.41, 5.74) is 2.21. The van der Waals surface area contributed by atoms with Crippen LogP contribution in [-0.2, 0) is 23.1 Å². The number of nitrogens with one attached hydrogen (secondary N) is 1. The minimum absolute atomic E-state index is 0.276. The quantitative estimate of drug-likeness (QED) is 0.584. The average molecular weight is 388 g/mol. The first-order chi connectivity index (χ1) is 13.2. The summed E-state index contributed by atoms with van der Waals surface area (Å²) in [5, 5.41) is 3.29. The molecule has 1 aliphatic rings. The third-order valence-corrected chi connectivity index (χ3v) is 5.53. The summed E-state index contributed by atoms with van der Waals surface area (Å²) in [6.07, 6.45) is 0. The predicted molar refractivity (Wildman–Crippen MR) is 109 cm³/mol. The number of nitrogens with zero attached hydrogens (tertiary/aromatic N) is 2. The first-order valence-corrected chi connectivity index (χ1v) is 10.3. The Bertz CT molecular complexity index is 811. The first-order valence-electron chi connectivity index (χ1n) is 8.85. The summed E-state index contributed by atoms with van der Waals surface area (Å²) in [4.78, 5) is 6.34. The Balaban J connectivity index is 1.46. The van der Waals surface area contributed by atoms with E-state index >= 15 is 0 Å². The molecule has 1 heterocycles. The van der Waals surface area contributed by atoms with E-state index in [1.807, 2.05) is 60.5 Å². The molecule has 3 rings (SSSR count). The molecular weight excluding hydrogens is 362 g/mol. The summed E-state index contributed by atoms with van der Waals surface area (Å²) in [6.45, 7) is 1.57. The zero-order chi connectivity index (χ0) is 19.1. The zero-order valence-corrected chi connectivity index (χ0v) is 16.5. The number of ether oxygens (including phenoxy) is 2. The number of benzene rings is 2. The van der Waals surface area contributed by atoms with Crippen molar-refractivity contribution in [2.45, 2.75) is 12.3 Å². The summed E-state index contributed by atoms with van der Waals surface area (Å²) in [7, 11) is 2.82. The van der Waals surface area contributed by atoms with Gasteiger partial charge in [0.1, 0.15) is 0 Å². The third kappa shape index (κ3) is 5.47. The third-order valence-electron chi connectivity index (χ3n) is 4.21. The SMILES string of the molecule is CN=C(NCCS(=O)Cc1ccccc1)N(C)Cc1ccc2c(c1)OCO2. The average Bonchev–Trinajstić information content (AvgIpc) is 3.13. The molecule has 0 aromatic heterocycles. The molecule has 2 aromatic carbocycles. The van der Waals surface area contributed by atoms with Crippen molar-refractivity contribution in [1.29, 1.82) is 0 Å². The van der Waals surface area contributed by atoms with E-state index in [1.165, 1.54) is 0 Å². The maximum absolute atomic E-state index is 12.2. The van der Waals surface area contributed by atoms with Crippen molar-refractivity contribution in [3.63, 3.8) is 0 Å². The topological polar surface area (TPSA) is 63.2 Å². The molecule has 0 amide bonds. The molecule has 0 fully saturated rings. The van der Waals surface area contributed by atoms with Crippen molar-refractivity contribution in [1.82, 2.24) is 10.2 Å². The Hall–Kier alpha value is -2.54. The molecule has 1 atom stereocenters. The monoisotopic (exact) mass is 387 g/mol. The van der Waals surface area contributed by atoms with E-state index < -0.39 is 10.8 Å². The van der Waals surface area contributed by atoms with Gasteiger partial charge >= 0.3 is 0 Å². The molecule has 1 aliphatic heterocycles. The second-order valence-electron chi connectivity index (χ2n) is 6.29. The molecule has 1 unspecified atom stereocenters. The molecule has 6 nitrogen and oxygen atoms in total. The van der Waals surface area contributed by atoms with Crippen molar-refractivity contribution in [3.05, 3.63) is 59.7 Å². The lowest BCUT2D eigenvalue weighted by Crippen LogP contribution is -2.40. The van der Waals surface area contributed by atoms with Crippen LogP contribution in [0.25, 0.3) is 0 Å². The highest BCUT2D eigenvalue weighted by Crippen LogP contribution is 2.32. The molecule has 1 N–H and O–H groups in total. The molecule has 144 valence electrons. The van der Waals surface area contributed by atoms with Gasteiger partial charge in [0.05, 0.1) is 0 Å². The highest BCUT2D eigenvalue weighted by Gasteiger charge is 2.14. The maximum Gasteiger partial charge on any atom is 0.231 e. The highest BCUT2D eigenvalue weighted by molar-refractivity contribution is 7.84. The number of rotatable bonds is 7. The fourth-order valence-electron chi connectivity index (χ4n) is 2.88. The maximum atomic E-state index is 12.2. The predicted octanol–water partition coefficient (Wildman–Crippen LogP) is 2.37. The number of fused-ring (bicyclic) bond motifs is 1. The van der Waals surface area contributed by atoms with Crippen molar-refractivity contribution >= 4 is 16.8 Å². The number of aliphatic imine (C=N–C) groups is 1. The van der Waals surface area contributed by atoms with Crippen LogP contribution in [0.1, 0.15) is 11.1 Å². The van der Waals surface area contributed by atoms with Crippen LogP contribution in [0.15, 0.2) is 53.5 Å². The van der Waals surface area contributed by atoms with Crippen molar-refractivity contribution in [3.8, 4) is 11.5 Å². The molecular formula is C20H25N3O3S. The van der Waals surface area contributed by atoms with Crippen molar-refractivity contribution in [2.75, 3.05) is 33.2 Å². The second kappa shape index (κ2) is 9.41. The van der Waals surface area contributed by atoms with E-state index in [9.17, 15) is 4.21 Å². The van der Waals surface area contributed by atoms with Crippen LogP contribution in [0.5, 0.6) is 11.5 Å².